The zero-order chi connectivity index (χ0) is 21.1. The van der Waals surface area contributed by atoms with Crippen molar-refractivity contribution in [2.75, 3.05) is 12.4 Å². The van der Waals surface area contributed by atoms with Gasteiger partial charge in [-0.05, 0) is 43.3 Å². The van der Waals surface area contributed by atoms with Crippen LogP contribution < -0.4 is 5.32 Å². The average molecular weight is 400 g/mol. The Morgan fingerprint density at radius 2 is 1.60 bits per heavy atom. The summed E-state index contributed by atoms with van der Waals surface area (Å²) in [6, 6.07) is 20.1. The van der Waals surface area contributed by atoms with Crippen LogP contribution in [0.1, 0.15) is 26.4 Å². The van der Waals surface area contributed by atoms with Gasteiger partial charge in [0.15, 0.2) is 5.82 Å². The Morgan fingerprint density at radius 1 is 0.933 bits per heavy atom. The molecule has 0 atom stereocenters. The molecule has 1 amide bonds. The number of para-hydroxylation sites is 2. The highest BCUT2D eigenvalue weighted by atomic mass is 16.5. The third kappa shape index (κ3) is 3.48. The standard InChI is InChI=1S/C23H20N4O3/c1-16-20(21(28)24-19-13-7-6-12-18(19)23(29)30-2)22(26-14-8-9-15-26)27(25-16)17-10-4-3-5-11-17/h3-15H,1-2H3,(H,24,28). The molecule has 4 rings (SSSR count). The molecule has 0 radical (unpaired) electrons. The minimum Gasteiger partial charge on any atom is -0.465 e. The van der Waals surface area contributed by atoms with Crippen molar-refractivity contribution in [1.29, 1.82) is 0 Å². The van der Waals surface area contributed by atoms with Gasteiger partial charge >= 0.3 is 5.97 Å². The van der Waals surface area contributed by atoms with Crippen molar-refractivity contribution < 1.29 is 14.3 Å². The van der Waals surface area contributed by atoms with Crippen LogP contribution in [0.4, 0.5) is 5.69 Å². The number of hydrogen-bond acceptors (Lipinski definition) is 4. The van der Waals surface area contributed by atoms with Crippen molar-refractivity contribution in [3.8, 4) is 11.5 Å². The lowest BCUT2D eigenvalue weighted by molar-refractivity contribution is 0.0602. The number of aromatic nitrogens is 3. The number of esters is 1. The van der Waals surface area contributed by atoms with Crippen molar-refractivity contribution in [1.82, 2.24) is 14.3 Å². The lowest BCUT2D eigenvalue weighted by atomic mass is 10.1. The quantitative estimate of drug-likeness (QED) is 0.514. The SMILES string of the molecule is COC(=O)c1ccccc1NC(=O)c1c(C)nn(-c2ccccc2)c1-n1cccc1. The van der Waals surface area contributed by atoms with E-state index in [0.29, 0.717) is 22.8 Å². The van der Waals surface area contributed by atoms with Gasteiger partial charge in [0.05, 0.1) is 29.7 Å². The average Bonchev–Trinajstić information content (AvgIpc) is 3.41. The molecular formula is C23H20N4O3. The number of anilines is 1. The third-order valence-electron chi connectivity index (χ3n) is 4.69. The first-order valence-corrected chi connectivity index (χ1v) is 9.37. The normalized spacial score (nSPS) is 10.6. The highest BCUT2D eigenvalue weighted by Gasteiger charge is 2.25. The van der Waals surface area contributed by atoms with Crippen LogP contribution in [-0.4, -0.2) is 33.3 Å². The predicted octanol–water partition coefficient (Wildman–Crippen LogP) is 4.01. The number of amides is 1. The molecule has 0 aliphatic rings. The van der Waals surface area contributed by atoms with Crippen LogP contribution in [-0.2, 0) is 4.74 Å². The highest BCUT2D eigenvalue weighted by molar-refractivity contribution is 6.10. The van der Waals surface area contributed by atoms with E-state index in [2.05, 4.69) is 10.4 Å². The van der Waals surface area contributed by atoms with Gasteiger partial charge in [0, 0.05) is 12.4 Å². The second-order valence-corrected chi connectivity index (χ2v) is 6.61. The van der Waals surface area contributed by atoms with Crippen LogP contribution in [0.2, 0.25) is 0 Å². The monoisotopic (exact) mass is 400 g/mol. The molecule has 0 unspecified atom stereocenters. The van der Waals surface area contributed by atoms with Crippen molar-refractivity contribution in [2.45, 2.75) is 6.92 Å². The van der Waals surface area contributed by atoms with Crippen molar-refractivity contribution in [3.05, 3.63) is 95.9 Å². The summed E-state index contributed by atoms with van der Waals surface area (Å²) in [7, 11) is 1.30. The molecule has 30 heavy (non-hydrogen) atoms. The van der Waals surface area contributed by atoms with Gasteiger partial charge < -0.3 is 14.6 Å². The van der Waals surface area contributed by atoms with Crippen molar-refractivity contribution >= 4 is 17.6 Å². The summed E-state index contributed by atoms with van der Waals surface area (Å²) < 4.78 is 8.40. The topological polar surface area (TPSA) is 78.2 Å². The first-order valence-electron chi connectivity index (χ1n) is 9.37. The molecule has 7 nitrogen and oxygen atoms in total. The number of methoxy groups -OCH3 is 1. The first kappa shape index (κ1) is 19.2. The molecule has 0 aliphatic heterocycles. The van der Waals surface area contributed by atoms with Gasteiger partial charge in [-0.1, -0.05) is 30.3 Å². The second-order valence-electron chi connectivity index (χ2n) is 6.61. The number of aryl methyl sites for hydroxylation is 1. The smallest absolute Gasteiger partial charge is 0.339 e. The molecule has 0 fully saturated rings. The zero-order valence-electron chi connectivity index (χ0n) is 16.6. The van der Waals surface area contributed by atoms with E-state index < -0.39 is 5.97 Å². The third-order valence-corrected chi connectivity index (χ3v) is 4.69. The van der Waals surface area contributed by atoms with Gasteiger partial charge in [-0.3, -0.25) is 4.79 Å². The zero-order valence-corrected chi connectivity index (χ0v) is 16.6. The number of carbonyl (C=O) groups excluding carboxylic acids is 2. The van der Waals surface area contributed by atoms with E-state index in [1.165, 1.54) is 7.11 Å². The minimum absolute atomic E-state index is 0.281. The van der Waals surface area contributed by atoms with Crippen molar-refractivity contribution in [2.24, 2.45) is 0 Å². The van der Waals surface area contributed by atoms with Gasteiger partial charge in [-0.15, -0.1) is 0 Å². The molecule has 0 saturated carbocycles. The molecule has 7 heteroatoms. The number of carbonyl (C=O) groups is 2. The summed E-state index contributed by atoms with van der Waals surface area (Å²) in [6.07, 6.45) is 3.71. The maximum absolute atomic E-state index is 13.3. The van der Waals surface area contributed by atoms with E-state index in [1.54, 1.807) is 35.9 Å². The van der Waals surface area contributed by atoms with E-state index in [0.717, 1.165) is 5.69 Å². The molecule has 0 spiro atoms. The Bertz CT molecular complexity index is 1190. The molecule has 2 aromatic carbocycles. The Hall–Kier alpha value is -4.13. The number of ether oxygens (including phenoxy) is 1. The Kier molecular flexibility index (Phi) is 5.17. The van der Waals surface area contributed by atoms with Gasteiger partial charge in [0.2, 0.25) is 0 Å². The molecule has 2 heterocycles. The molecule has 1 N–H and O–H groups in total. The van der Waals surface area contributed by atoms with E-state index in [1.807, 2.05) is 59.4 Å². The number of hydrogen-bond donors (Lipinski definition) is 1. The van der Waals surface area contributed by atoms with Crippen molar-refractivity contribution in [3.63, 3.8) is 0 Å². The number of benzene rings is 2. The largest absolute Gasteiger partial charge is 0.465 e. The summed E-state index contributed by atoms with van der Waals surface area (Å²) in [5, 5.41) is 7.46. The molecule has 150 valence electrons. The molecule has 0 aliphatic carbocycles. The molecule has 2 aromatic heterocycles. The van der Waals surface area contributed by atoms with Crippen LogP contribution in [0.15, 0.2) is 79.1 Å². The van der Waals surface area contributed by atoms with E-state index in [4.69, 9.17) is 4.74 Å². The van der Waals surface area contributed by atoms with Crippen LogP contribution in [0, 0.1) is 6.92 Å². The molecule has 0 saturated heterocycles. The fourth-order valence-electron chi connectivity index (χ4n) is 3.31. The Morgan fingerprint density at radius 3 is 2.30 bits per heavy atom. The number of rotatable bonds is 5. The first-order chi connectivity index (χ1) is 14.6. The summed E-state index contributed by atoms with van der Waals surface area (Å²) in [5.74, 6) is -0.278. The van der Waals surface area contributed by atoms with Crippen LogP contribution in [0.5, 0.6) is 0 Å². The molecular weight excluding hydrogens is 380 g/mol. The van der Waals surface area contributed by atoms with Crippen LogP contribution in [0.25, 0.3) is 11.5 Å². The lowest BCUT2D eigenvalue weighted by Gasteiger charge is -2.12. The van der Waals surface area contributed by atoms with Gasteiger partial charge in [0.1, 0.15) is 5.56 Å². The summed E-state index contributed by atoms with van der Waals surface area (Å²) >= 11 is 0. The van der Waals surface area contributed by atoms with Crippen LogP contribution >= 0.6 is 0 Å². The maximum atomic E-state index is 13.3. The Labute approximate surface area is 173 Å². The van der Waals surface area contributed by atoms with Gasteiger partial charge in [-0.25, -0.2) is 9.48 Å². The summed E-state index contributed by atoms with van der Waals surface area (Å²) in [6.45, 7) is 1.79. The van der Waals surface area contributed by atoms with Crippen LogP contribution in [0.3, 0.4) is 0 Å². The predicted molar refractivity (Wildman–Crippen MR) is 113 cm³/mol. The maximum Gasteiger partial charge on any atom is 0.339 e. The van der Waals surface area contributed by atoms with E-state index in [9.17, 15) is 9.59 Å². The van der Waals surface area contributed by atoms with E-state index in [-0.39, 0.29) is 11.5 Å². The van der Waals surface area contributed by atoms with Gasteiger partial charge in [-0.2, -0.15) is 5.10 Å². The molecule has 4 aromatic rings. The number of nitrogens with one attached hydrogen (secondary N) is 1. The highest BCUT2D eigenvalue weighted by Crippen LogP contribution is 2.25. The minimum atomic E-state index is -0.520. The lowest BCUT2D eigenvalue weighted by Crippen LogP contribution is -2.18. The molecule has 0 bridgehead atoms. The Balaban J connectivity index is 1.81. The number of nitrogens with zero attached hydrogens (tertiary/aromatic N) is 3. The fraction of sp³-hybridized carbons (Fsp3) is 0.0870. The second kappa shape index (κ2) is 8.08. The summed E-state index contributed by atoms with van der Waals surface area (Å²) in [5.41, 5.74) is 2.47. The fourth-order valence-corrected chi connectivity index (χ4v) is 3.31. The van der Waals surface area contributed by atoms with Gasteiger partial charge in [0.25, 0.3) is 5.91 Å². The summed E-state index contributed by atoms with van der Waals surface area (Å²) in [4.78, 5) is 25.4. The van der Waals surface area contributed by atoms with E-state index >= 15 is 0 Å².